The summed E-state index contributed by atoms with van der Waals surface area (Å²) in [5.74, 6) is 1.18. The van der Waals surface area contributed by atoms with Crippen molar-refractivity contribution in [1.82, 2.24) is 10.3 Å². The van der Waals surface area contributed by atoms with Crippen LogP contribution in [0.15, 0.2) is 5.38 Å². The molecule has 0 fully saturated rings. The van der Waals surface area contributed by atoms with Crippen molar-refractivity contribution in [1.29, 1.82) is 0 Å². The maximum Gasteiger partial charge on any atom is 0.0897 e. The zero-order chi connectivity index (χ0) is 12.7. The molecule has 17 heavy (non-hydrogen) atoms. The van der Waals surface area contributed by atoms with Crippen LogP contribution in [0, 0.1) is 6.92 Å². The molecule has 98 valence electrons. The van der Waals surface area contributed by atoms with E-state index in [1.165, 1.54) is 22.9 Å². The van der Waals surface area contributed by atoms with Gasteiger partial charge < -0.3 is 5.32 Å². The molecule has 2 atom stereocenters. The van der Waals surface area contributed by atoms with E-state index in [1.807, 2.05) is 0 Å². The molecule has 0 aliphatic carbocycles. The lowest BCUT2D eigenvalue weighted by molar-refractivity contribution is 0.567. The third-order valence-corrected chi connectivity index (χ3v) is 5.09. The van der Waals surface area contributed by atoms with Gasteiger partial charge in [-0.2, -0.15) is 11.8 Å². The van der Waals surface area contributed by atoms with E-state index in [9.17, 15) is 0 Å². The summed E-state index contributed by atoms with van der Waals surface area (Å²) < 4.78 is 0. The Kier molecular flexibility index (Phi) is 7.16. The normalized spacial score (nSPS) is 14.8. The number of nitrogens with zero attached hydrogens (tertiary/aromatic N) is 1. The Bertz CT molecular complexity index is 312. The van der Waals surface area contributed by atoms with Gasteiger partial charge in [-0.15, -0.1) is 11.3 Å². The van der Waals surface area contributed by atoms with Crippen molar-refractivity contribution >= 4 is 23.1 Å². The highest BCUT2D eigenvalue weighted by Crippen LogP contribution is 2.17. The molecule has 2 nitrogen and oxygen atoms in total. The minimum Gasteiger partial charge on any atom is -0.313 e. The van der Waals surface area contributed by atoms with Crippen molar-refractivity contribution < 1.29 is 0 Å². The number of likely N-dealkylation sites (N-methyl/N-ethyl adjacent to an activating group) is 1. The highest BCUT2D eigenvalue weighted by molar-refractivity contribution is 7.99. The topological polar surface area (TPSA) is 24.9 Å². The van der Waals surface area contributed by atoms with E-state index in [0.29, 0.717) is 6.04 Å². The zero-order valence-corrected chi connectivity index (χ0v) is 13.0. The van der Waals surface area contributed by atoms with Crippen molar-refractivity contribution in [2.45, 2.75) is 51.8 Å². The van der Waals surface area contributed by atoms with E-state index < -0.39 is 0 Å². The Morgan fingerprint density at radius 3 is 2.76 bits per heavy atom. The van der Waals surface area contributed by atoms with Gasteiger partial charge in [0, 0.05) is 28.8 Å². The van der Waals surface area contributed by atoms with Gasteiger partial charge in [0.1, 0.15) is 0 Å². The summed E-state index contributed by atoms with van der Waals surface area (Å²) in [7, 11) is 0. The third-order valence-electron chi connectivity index (χ3n) is 2.77. The highest BCUT2D eigenvalue weighted by Gasteiger charge is 2.12. The molecular formula is C13H24N2S2. The fourth-order valence-corrected chi connectivity index (χ4v) is 3.29. The van der Waals surface area contributed by atoms with Gasteiger partial charge in [-0.05, 0) is 19.9 Å². The van der Waals surface area contributed by atoms with Crippen LogP contribution in [0.2, 0.25) is 0 Å². The molecule has 1 aromatic rings. The Morgan fingerprint density at radius 1 is 1.47 bits per heavy atom. The summed E-state index contributed by atoms with van der Waals surface area (Å²) in [6, 6.07) is 0.556. The van der Waals surface area contributed by atoms with Gasteiger partial charge in [-0.1, -0.05) is 20.8 Å². The van der Waals surface area contributed by atoms with Crippen LogP contribution in [-0.4, -0.2) is 28.6 Å². The molecule has 0 amide bonds. The number of thiazole rings is 1. The van der Waals surface area contributed by atoms with Crippen molar-refractivity contribution in [3.05, 3.63) is 16.1 Å². The number of hydrogen-bond acceptors (Lipinski definition) is 4. The van der Waals surface area contributed by atoms with Crippen molar-refractivity contribution in [3.63, 3.8) is 0 Å². The van der Waals surface area contributed by atoms with E-state index in [2.05, 4.69) is 55.1 Å². The van der Waals surface area contributed by atoms with E-state index in [1.54, 1.807) is 11.3 Å². The fraction of sp³-hybridized carbons (Fsp3) is 0.769. The quantitative estimate of drug-likeness (QED) is 0.784. The lowest BCUT2D eigenvalue weighted by Crippen LogP contribution is -2.33. The van der Waals surface area contributed by atoms with E-state index in [0.717, 1.165) is 18.2 Å². The lowest BCUT2D eigenvalue weighted by Gasteiger charge is -2.18. The Morgan fingerprint density at radius 2 is 2.24 bits per heavy atom. The van der Waals surface area contributed by atoms with Gasteiger partial charge in [0.15, 0.2) is 0 Å². The first-order valence-corrected chi connectivity index (χ1v) is 8.34. The molecule has 0 spiro atoms. The van der Waals surface area contributed by atoms with Crippen LogP contribution < -0.4 is 5.32 Å². The molecule has 0 bridgehead atoms. The van der Waals surface area contributed by atoms with Gasteiger partial charge >= 0.3 is 0 Å². The largest absolute Gasteiger partial charge is 0.313 e. The molecule has 2 unspecified atom stereocenters. The smallest absolute Gasteiger partial charge is 0.0897 e. The molecule has 0 saturated carbocycles. The molecule has 0 aliphatic heterocycles. The maximum absolute atomic E-state index is 4.55. The third kappa shape index (κ3) is 5.89. The lowest BCUT2D eigenvalue weighted by atomic mass is 10.2. The Balaban J connectivity index is 2.42. The zero-order valence-electron chi connectivity index (χ0n) is 11.3. The van der Waals surface area contributed by atoms with Gasteiger partial charge in [-0.25, -0.2) is 4.98 Å². The summed E-state index contributed by atoms with van der Waals surface area (Å²) in [4.78, 5) is 4.55. The first-order valence-electron chi connectivity index (χ1n) is 6.41. The average Bonchev–Trinajstić information content (AvgIpc) is 2.71. The van der Waals surface area contributed by atoms with E-state index in [-0.39, 0.29) is 0 Å². The predicted molar refractivity (Wildman–Crippen MR) is 80.2 cm³/mol. The van der Waals surface area contributed by atoms with Gasteiger partial charge in [-0.3, -0.25) is 0 Å². The summed E-state index contributed by atoms with van der Waals surface area (Å²) in [6.45, 7) is 9.84. The van der Waals surface area contributed by atoms with Crippen LogP contribution in [-0.2, 0) is 6.42 Å². The van der Waals surface area contributed by atoms with Crippen LogP contribution in [0.1, 0.15) is 37.9 Å². The standard InChI is InChI=1S/C13H24N2S2/c1-5-10(3)16-8-12(14-6-2)7-13-9-17-11(4)15-13/h9-10,12,14H,5-8H2,1-4H3. The van der Waals surface area contributed by atoms with Gasteiger partial charge in [0.2, 0.25) is 0 Å². The number of nitrogens with one attached hydrogen (secondary N) is 1. The molecule has 0 aromatic carbocycles. The summed E-state index contributed by atoms with van der Waals surface area (Å²) in [6.07, 6.45) is 2.31. The molecule has 1 aromatic heterocycles. The van der Waals surface area contributed by atoms with Crippen molar-refractivity contribution in [2.24, 2.45) is 0 Å². The maximum atomic E-state index is 4.55. The van der Waals surface area contributed by atoms with E-state index >= 15 is 0 Å². The minimum atomic E-state index is 0.556. The van der Waals surface area contributed by atoms with Crippen molar-refractivity contribution in [3.8, 4) is 0 Å². The molecule has 1 heterocycles. The second kappa shape index (κ2) is 8.11. The Hall–Kier alpha value is -0.0600. The number of hydrogen-bond donors (Lipinski definition) is 1. The molecule has 1 rings (SSSR count). The number of aromatic nitrogens is 1. The molecule has 4 heteroatoms. The van der Waals surface area contributed by atoms with Crippen LogP contribution in [0.4, 0.5) is 0 Å². The first kappa shape index (κ1) is 15.0. The summed E-state index contributed by atoms with van der Waals surface area (Å²) >= 11 is 3.81. The monoisotopic (exact) mass is 272 g/mol. The van der Waals surface area contributed by atoms with Crippen LogP contribution in [0.5, 0.6) is 0 Å². The first-order chi connectivity index (χ1) is 8.15. The van der Waals surface area contributed by atoms with Crippen LogP contribution in [0.25, 0.3) is 0 Å². The summed E-state index contributed by atoms with van der Waals surface area (Å²) in [5, 5.41) is 7.68. The Labute approximate surface area is 114 Å². The molecular weight excluding hydrogens is 248 g/mol. The van der Waals surface area contributed by atoms with E-state index in [4.69, 9.17) is 0 Å². The number of aryl methyl sites for hydroxylation is 1. The van der Waals surface area contributed by atoms with Crippen molar-refractivity contribution in [2.75, 3.05) is 12.3 Å². The van der Waals surface area contributed by atoms with Gasteiger partial charge in [0.05, 0.1) is 10.7 Å². The van der Waals surface area contributed by atoms with Crippen LogP contribution >= 0.6 is 23.1 Å². The average molecular weight is 272 g/mol. The number of thioether (sulfide) groups is 1. The molecule has 0 aliphatic rings. The highest BCUT2D eigenvalue weighted by atomic mass is 32.2. The van der Waals surface area contributed by atoms with Gasteiger partial charge in [0.25, 0.3) is 0 Å². The molecule has 0 saturated heterocycles. The fourth-order valence-electron chi connectivity index (χ4n) is 1.63. The minimum absolute atomic E-state index is 0.556. The second-order valence-corrected chi connectivity index (χ2v) is 6.90. The SMILES string of the molecule is CCNC(CSC(C)CC)Cc1csc(C)n1. The van der Waals surface area contributed by atoms with Crippen LogP contribution in [0.3, 0.4) is 0 Å². The number of rotatable bonds is 8. The molecule has 0 radical (unpaired) electrons. The summed E-state index contributed by atoms with van der Waals surface area (Å²) in [5.41, 5.74) is 1.24. The second-order valence-electron chi connectivity index (χ2n) is 4.37. The predicted octanol–water partition coefficient (Wildman–Crippen LogP) is 3.50. The molecule has 1 N–H and O–H groups in total.